The molecule has 8 heteroatoms. The first-order valence-electron chi connectivity index (χ1n) is 6.64. The minimum Gasteiger partial charge on any atom is -0.336 e. The Balaban J connectivity index is 1.50. The summed E-state index contributed by atoms with van der Waals surface area (Å²) in [4.78, 5) is 28.3. The number of hydrogen-bond donors (Lipinski definition) is 0. The van der Waals surface area contributed by atoms with Gasteiger partial charge in [0.1, 0.15) is 0 Å². The third-order valence-electron chi connectivity index (χ3n) is 4.13. The van der Waals surface area contributed by atoms with Gasteiger partial charge in [0.05, 0.1) is 11.6 Å². The van der Waals surface area contributed by atoms with Gasteiger partial charge in [0.15, 0.2) is 5.69 Å². The van der Waals surface area contributed by atoms with Crippen LogP contribution in [0.5, 0.6) is 0 Å². The van der Waals surface area contributed by atoms with Crippen molar-refractivity contribution in [2.75, 3.05) is 24.5 Å². The topological polar surface area (TPSA) is 66.4 Å². The van der Waals surface area contributed by atoms with Gasteiger partial charge in [-0.05, 0) is 23.0 Å². The van der Waals surface area contributed by atoms with Crippen molar-refractivity contribution in [3.05, 3.63) is 27.9 Å². The zero-order chi connectivity index (χ0) is 14.4. The molecule has 0 N–H and O–H groups in total. The van der Waals surface area contributed by atoms with Gasteiger partial charge in [0.2, 0.25) is 5.91 Å². The molecule has 0 aliphatic carbocycles. The minimum absolute atomic E-state index is 0.0829. The molecule has 0 aromatic carbocycles. The first kappa shape index (κ1) is 12.9. The minimum atomic E-state index is -0.118. The van der Waals surface area contributed by atoms with E-state index < -0.39 is 0 Å². The van der Waals surface area contributed by atoms with E-state index in [9.17, 15) is 9.59 Å². The number of hydrogen-bond acceptors (Lipinski definition) is 6. The number of amides is 2. The molecular formula is C13H12N4O2S2. The molecule has 2 aromatic rings. The summed E-state index contributed by atoms with van der Waals surface area (Å²) in [7, 11) is 0. The van der Waals surface area contributed by atoms with Crippen LogP contribution in [0.3, 0.4) is 0 Å². The lowest BCUT2D eigenvalue weighted by molar-refractivity contribution is -0.120. The van der Waals surface area contributed by atoms with E-state index in [1.54, 1.807) is 21.6 Å². The predicted molar refractivity (Wildman–Crippen MR) is 79.5 cm³/mol. The summed E-state index contributed by atoms with van der Waals surface area (Å²) in [6.07, 6.45) is 0. The summed E-state index contributed by atoms with van der Waals surface area (Å²) in [6, 6.07) is 1.97. The fourth-order valence-electron chi connectivity index (χ4n) is 3.09. The van der Waals surface area contributed by atoms with E-state index in [2.05, 4.69) is 9.59 Å². The van der Waals surface area contributed by atoms with Crippen LogP contribution in [-0.4, -0.2) is 45.9 Å². The highest BCUT2D eigenvalue weighted by Gasteiger charge is 2.48. The van der Waals surface area contributed by atoms with Crippen LogP contribution in [0.1, 0.15) is 10.5 Å². The molecule has 21 heavy (non-hydrogen) atoms. The van der Waals surface area contributed by atoms with Crippen LogP contribution in [0.15, 0.2) is 22.2 Å². The van der Waals surface area contributed by atoms with Gasteiger partial charge in [0.25, 0.3) is 5.91 Å². The Morgan fingerprint density at radius 1 is 1.29 bits per heavy atom. The Hall–Kier alpha value is -1.80. The molecule has 2 aliphatic heterocycles. The van der Waals surface area contributed by atoms with Gasteiger partial charge in [-0.2, -0.15) is 11.3 Å². The summed E-state index contributed by atoms with van der Waals surface area (Å²) in [6.45, 7) is 1.80. The number of thiophene rings is 1. The molecule has 0 bridgehead atoms. The summed E-state index contributed by atoms with van der Waals surface area (Å²) < 4.78 is 3.72. The molecule has 2 atom stereocenters. The average molecular weight is 320 g/mol. The molecule has 4 rings (SSSR count). The highest BCUT2D eigenvalue weighted by Crippen LogP contribution is 2.36. The van der Waals surface area contributed by atoms with Gasteiger partial charge >= 0.3 is 0 Å². The number of nitrogens with zero attached hydrogens (tertiary/aromatic N) is 4. The number of anilines is 1. The van der Waals surface area contributed by atoms with Crippen molar-refractivity contribution >= 4 is 40.4 Å². The van der Waals surface area contributed by atoms with Crippen LogP contribution in [-0.2, 0) is 4.79 Å². The maximum Gasteiger partial charge on any atom is 0.275 e. The fourth-order valence-corrected chi connectivity index (χ4v) is 4.16. The Labute approximate surface area is 129 Å². The molecule has 0 unspecified atom stereocenters. The maximum atomic E-state index is 12.5. The lowest BCUT2D eigenvalue weighted by Crippen LogP contribution is -2.35. The first-order chi connectivity index (χ1) is 10.2. The molecule has 0 spiro atoms. The Kier molecular flexibility index (Phi) is 3.00. The predicted octanol–water partition coefficient (Wildman–Crippen LogP) is 1.33. The molecule has 2 saturated heterocycles. The highest BCUT2D eigenvalue weighted by molar-refractivity contribution is 7.08. The summed E-state index contributed by atoms with van der Waals surface area (Å²) in [5.74, 6) is 0.145. The largest absolute Gasteiger partial charge is 0.336 e. The SMILES string of the molecule is O=C(c1csnn1)N1C[C@@H]2CN(c3ccsc3)C(=O)[C@@H]2C1. The molecule has 0 radical (unpaired) electrons. The third kappa shape index (κ3) is 2.06. The molecule has 4 heterocycles. The zero-order valence-electron chi connectivity index (χ0n) is 11.0. The van der Waals surface area contributed by atoms with Crippen molar-refractivity contribution in [2.24, 2.45) is 11.8 Å². The fraction of sp³-hybridized carbons (Fsp3) is 0.385. The van der Waals surface area contributed by atoms with Crippen LogP contribution in [0.2, 0.25) is 0 Å². The molecule has 2 fully saturated rings. The van der Waals surface area contributed by atoms with E-state index in [1.807, 2.05) is 21.7 Å². The second-order valence-corrected chi connectivity index (χ2v) is 6.69. The standard InChI is InChI=1S/C13H12N4O2S2/c18-12-10-5-16(13(19)11-7-21-15-14-11)3-8(10)4-17(12)9-1-2-20-6-9/h1-2,6-8,10H,3-5H2/t8-,10-/m1/s1. The molecule has 108 valence electrons. The number of fused-ring (bicyclic) bond motifs is 1. The summed E-state index contributed by atoms with van der Waals surface area (Å²) >= 11 is 2.75. The zero-order valence-corrected chi connectivity index (χ0v) is 12.6. The van der Waals surface area contributed by atoms with Crippen LogP contribution in [0.4, 0.5) is 5.69 Å². The Morgan fingerprint density at radius 3 is 2.86 bits per heavy atom. The molecular weight excluding hydrogens is 308 g/mol. The van der Waals surface area contributed by atoms with Crippen molar-refractivity contribution in [1.82, 2.24) is 14.5 Å². The molecule has 6 nitrogen and oxygen atoms in total. The quantitative estimate of drug-likeness (QED) is 0.837. The van der Waals surface area contributed by atoms with Gasteiger partial charge in [-0.15, -0.1) is 5.10 Å². The molecule has 0 saturated carbocycles. The van der Waals surface area contributed by atoms with Crippen molar-refractivity contribution < 1.29 is 9.59 Å². The molecule has 2 amide bonds. The summed E-state index contributed by atoms with van der Waals surface area (Å²) in [5.41, 5.74) is 1.35. The van der Waals surface area contributed by atoms with Crippen LogP contribution >= 0.6 is 22.9 Å². The van der Waals surface area contributed by atoms with Crippen LogP contribution in [0.25, 0.3) is 0 Å². The monoisotopic (exact) mass is 320 g/mol. The van der Waals surface area contributed by atoms with Gasteiger partial charge in [-0.1, -0.05) is 4.49 Å². The van der Waals surface area contributed by atoms with Crippen LogP contribution in [0, 0.1) is 11.8 Å². The lowest BCUT2D eigenvalue weighted by Gasteiger charge is -2.20. The maximum absolute atomic E-state index is 12.5. The van der Waals surface area contributed by atoms with Crippen molar-refractivity contribution in [3.63, 3.8) is 0 Å². The second-order valence-electron chi connectivity index (χ2n) is 5.30. The van der Waals surface area contributed by atoms with Gasteiger partial charge < -0.3 is 9.80 Å². The number of carbonyl (C=O) groups excluding carboxylic acids is 2. The molecule has 2 aliphatic rings. The van der Waals surface area contributed by atoms with E-state index in [4.69, 9.17) is 0 Å². The average Bonchev–Trinajstić information content (AvgIpc) is 3.25. The lowest BCUT2D eigenvalue weighted by atomic mass is 10.0. The van der Waals surface area contributed by atoms with E-state index in [-0.39, 0.29) is 23.7 Å². The van der Waals surface area contributed by atoms with E-state index in [0.29, 0.717) is 25.3 Å². The Bertz CT molecular complexity index is 670. The molecule has 2 aromatic heterocycles. The van der Waals surface area contributed by atoms with Gasteiger partial charge in [-0.25, -0.2) is 0 Å². The van der Waals surface area contributed by atoms with Crippen molar-refractivity contribution in [1.29, 1.82) is 0 Å². The number of likely N-dealkylation sites (tertiary alicyclic amines) is 1. The van der Waals surface area contributed by atoms with E-state index >= 15 is 0 Å². The van der Waals surface area contributed by atoms with Gasteiger partial charge in [0, 0.05) is 36.3 Å². The first-order valence-corrected chi connectivity index (χ1v) is 8.42. The highest BCUT2D eigenvalue weighted by atomic mass is 32.1. The van der Waals surface area contributed by atoms with E-state index in [0.717, 1.165) is 17.2 Å². The number of carbonyl (C=O) groups is 2. The van der Waals surface area contributed by atoms with Crippen molar-refractivity contribution in [3.8, 4) is 0 Å². The van der Waals surface area contributed by atoms with Crippen LogP contribution < -0.4 is 4.90 Å². The summed E-state index contributed by atoms with van der Waals surface area (Å²) in [5, 5.41) is 9.42. The van der Waals surface area contributed by atoms with E-state index in [1.165, 1.54) is 0 Å². The Morgan fingerprint density at radius 2 is 2.19 bits per heavy atom. The number of aromatic nitrogens is 2. The van der Waals surface area contributed by atoms with Gasteiger partial charge in [-0.3, -0.25) is 9.59 Å². The third-order valence-corrected chi connectivity index (χ3v) is 5.30. The smallest absolute Gasteiger partial charge is 0.275 e. The number of rotatable bonds is 2. The van der Waals surface area contributed by atoms with Crippen molar-refractivity contribution in [2.45, 2.75) is 0 Å². The normalized spacial score (nSPS) is 24.7. The second kappa shape index (κ2) is 4.88.